The predicted octanol–water partition coefficient (Wildman–Crippen LogP) is 4.44. The summed E-state index contributed by atoms with van der Waals surface area (Å²) in [6, 6.07) is 0. The van der Waals surface area contributed by atoms with Gasteiger partial charge in [-0.2, -0.15) is 0 Å². The van der Waals surface area contributed by atoms with E-state index in [2.05, 4.69) is 41.5 Å². The Kier molecular flexibility index (Phi) is 4.86. The number of halogens is 1. The third kappa shape index (κ3) is 2.05. The van der Waals surface area contributed by atoms with E-state index < -0.39 is 8.07 Å². The molecule has 0 saturated heterocycles. The Bertz CT molecular complexity index is 108. The van der Waals surface area contributed by atoms with Crippen LogP contribution in [0, 0.1) is 0 Å². The first-order valence-corrected chi connectivity index (χ1v) is 7.92. The molecule has 0 aliphatic heterocycles. The molecular formula is C10H23ClSi. The van der Waals surface area contributed by atoms with Gasteiger partial charge < -0.3 is 0 Å². The maximum absolute atomic E-state index is 6.17. The van der Waals surface area contributed by atoms with Crippen molar-refractivity contribution >= 4 is 19.7 Å². The highest BCUT2D eigenvalue weighted by molar-refractivity contribution is 6.88. The number of rotatable bonds is 4. The Morgan fingerprint density at radius 2 is 1.08 bits per heavy atom. The van der Waals surface area contributed by atoms with Crippen molar-refractivity contribution in [2.45, 2.75) is 58.2 Å². The van der Waals surface area contributed by atoms with E-state index in [0.717, 1.165) is 22.1 Å². The van der Waals surface area contributed by atoms with E-state index in [0.29, 0.717) is 0 Å². The van der Waals surface area contributed by atoms with Gasteiger partial charge in [0, 0.05) is 5.50 Å². The van der Waals surface area contributed by atoms with E-state index in [9.17, 15) is 0 Å². The highest BCUT2D eigenvalue weighted by Crippen LogP contribution is 2.41. The van der Waals surface area contributed by atoms with Gasteiger partial charge in [-0.15, -0.1) is 11.6 Å². The number of hydrogen-bond acceptors (Lipinski definition) is 0. The monoisotopic (exact) mass is 206 g/mol. The summed E-state index contributed by atoms with van der Waals surface area (Å²) in [5.41, 5.74) is 3.32. The summed E-state index contributed by atoms with van der Waals surface area (Å²) in [7, 11) is -1.24. The lowest BCUT2D eigenvalue weighted by Crippen LogP contribution is -2.46. The lowest BCUT2D eigenvalue weighted by atomic mass is 10.5. The first-order valence-electron chi connectivity index (χ1n) is 4.95. The van der Waals surface area contributed by atoms with E-state index >= 15 is 0 Å². The maximum atomic E-state index is 6.17. The van der Waals surface area contributed by atoms with Gasteiger partial charge in [0.25, 0.3) is 0 Å². The van der Waals surface area contributed by atoms with Crippen LogP contribution in [0.2, 0.25) is 16.6 Å². The molecule has 2 heteroatoms. The topological polar surface area (TPSA) is 0 Å². The molecule has 0 radical (unpaired) electrons. The molecule has 0 spiro atoms. The minimum atomic E-state index is -1.24. The summed E-state index contributed by atoms with van der Waals surface area (Å²) < 4.78 is 0. The van der Waals surface area contributed by atoms with Crippen LogP contribution in [0.25, 0.3) is 0 Å². The van der Waals surface area contributed by atoms with Gasteiger partial charge >= 0.3 is 0 Å². The Balaban J connectivity index is 4.77. The zero-order valence-electron chi connectivity index (χ0n) is 9.32. The summed E-state index contributed by atoms with van der Waals surface area (Å²) in [6.45, 7) is 14.1. The lowest BCUT2D eigenvalue weighted by molar-refractivity contribution is 0.819. The summed E-state index contributed by atoms with van der Waals surface area (Å²) in [4.78, 5) is 0. The normalized spacial score (nSPS) is 13.5. The molecule has 0 heterocycles. The molecule has 0 aliphatic carbocycles. The van der Waals surface area contributed by atoms with E-state index in [4.69, 9.17) is 11.6 Å². The second-order valence-corrected chi connectivity index (χ2v) is 11.5. The molecule has 0 aromatic heterocycles. The predicted molar refractivity (Wildman–Crippen MR) is 61.8 cm³/mol. The van der Waals surface area contributed by atoms with Gasteiger partial charge in [0.2, 0.25) is 0 Å². The zero-order chi connectivity index (χ0) is 9.94. The van der Waals surface area contributed by atoms with Gasteiger partial charge in [-0.3, -0.25) is 0 Å². The molecule has 74 valence electrons. The molecule has 0 bridgehead atoms. The van der Waals surface area contributed by atoms with Crippen LogP contribution in [-0.2, 0) is 0 Å². The molecule has 0 aliphatic rings. The van der Waals surface area contributed by atoms with Gasteiger partial charge in [0.15, 0.2) is 0 Å². The van der Waals surface area contributed by atoms with E-state index in [1.807, 2.05) is 0 Å². The fourth-order valence-corrected chi connectivity index (χ4v) is 10.2. The van der Waals surface area contributed by atoms with Crippen molar-refractivity contribution in [2.24, 2.45) is 0 Å². The quantitative estimate of drug-likeness (QED) is 0.471. The fraction of sp³-hybridized carbons (Fsp3) is 1.00. The summed E-state index contributed by atoms with van der Waals surface area (Å²) in [5.74, 6) is 0. The summed E-state index contributed by atoms with van der Waals surface area (Å²) in [6.07, 6.45) is 0. The first-order chi connectivity index (χ1) is 5.39. The fourth-order valence-electron chi connectivity index (χ4n) is 2.46. The Morgan fingerprint density at radius 3 is 1.08 bits per heavy atom. The van der Waals surface area contributed by atoms with Crippen molar-refractivity contribution in [1.29, 1.82) is 0 Å². The van der Waals surface area contributed by atoms with Crippen LogP contribution in [0.4, 0.5) is 0 Å². The largest absolute Gasteiger partial charge is 0.130 e. The van der Waals surface area contributed by atoms with Gasteiger partial charge in [-0.25, -0.2) is 0 Å². The average Bonchev–Trinajstić information content (AvgIpc) is 1.86. The second kappa shape index (κ2) is 4.66. The zero-order valence-corrected chi connectivity index (χ0v) is 11.1. The van der Waals surface area contributed by atoms with E-state index in [-0.39, 0.29) is 0 Å². The molecule has 12 heavy (non-hydrogen) atoms. The van der Waals surface area contributed by atoms with Crippen LogP contribution in [0.3, 0.4) is 0 Å². The minimum Gasteiger partial charge on any atom is -0.130 e. The third-order valence-corrected chi connectivity index (χ3v) is 11.8. The number of alkyl halides is 1. The van der Waals surface area contributed by atoms with Crippen LogP contribution in [0.15, 0.2) is 0 Å². The van der Waals surface area contributed by atoms with E-state index in [1.54, 1.807) is 0 Å². The smallest absolute Gasteiger partial charge is 0.0776 e. The molecule has 0 unspecified atom stereocenters. The van der Waals surface area contributed by atoms with Crippen LogP contribution < -0.4 is 0 Å². The Hall–Kier alpha value is 0.507. The van der Waals surface area contributed by atoms with Crippen molar-refractivity contribution in [2.75, 3.05) is 5.50 Å². The average molecular weight is 207 g/mol. The molecule has 0 amide bonds. The number of hydrogen-bond donors (Lipinski definition) is 0. The molecule has 0 rings (SSSR count). The molecule has 0 saturated carbocycles. The molecule has 0 nitrogen and oxygen atoms in total. The standard InChI is InChI=1S/C10H23ClSi/c1-8(2)12(7-11,9(3)4)10(5)6/h8-10H,7H2,1-6H3. The molecule has 0 fully saturated rings. The highest BCUT2D eigenvalue weighted by atomic mass is 35.5. The summed E-state index contributed by atoms with van der Waals surface area (Å²) in [5, 5.41) is 0. The van der Waals surface area contributed by atoms with Crippen LogP contribution >= 0.6 is 11.6 Å². The van der Waals surface area contributed by atoms with E-state index in [1.165, 1.54) is 0 Å². The molecule has 0 atom stereocenters. The highest BCUT2D eigenvalue weighted by Gasteiger charge is 2.41. The molecule has 0 N–H and O–H groups in total. The molecular weight excluding hydrogens is 184 g/mol. The van der Waals surface area contributed by atoms with Crippen molar-refractivity contribution in [1.82, 2.24) is 0 Å². The SMILES string of the molecule is CC(C)[Si](CCl)(C(C)C)C(C)C. The van der Waals surface area contributed by atoms with Crippen molar-refractivity contribution in [3.05, 3.63) is 0 Å². The van der Waals surface area contributed by atoms with Gasteiger partial charge in [-0.05, 0) is 16.6 Å². The van der Waals surface area contributed by atoms with Crippen LogP contribution in [0.5, 0.6) is 0 Å². The lowest BCUT2D eigenvalue weighted by Gasteiger charge is -2.41. The molecule has 0 aromatic carbocycles. The molecule has 0 aromatic rings. The van der Waals surface area contributed by atoms with Crippen LogP contribution in [-0.4, -0.2) is 13.6 Å². The third-order valence-electron chi connectivity index (χ3n) is 3.46. The van der Waals surface area contributed by atoms with Crippen LogP contribution in [0.1, 0.15) is 41.5 Å². The Labute approximate surface area is 83.7 Å². The van der Waals surface area contributed by atoms with Crippen molar-refractivity contribution in [3.8, 4) is 0 Å². The Morgan fingerprint density at radius 1 is 0.833 bits per heavy atom. The van der Waals surface area contributed by atoms with Gasteiger partial charge in [0.05, 0.1) is 8.07 Å². The van der Waals surface area contributed by atoms with Gasteiger partial charge in [-0.1, -0.05) is 41.5 Å². The minimum absolute atomic E-state index is 0.801. The van der Waals surface area contributed by atoms with Crippen molar-refractivity contribution < 1.29 is 0 Å². The maximum Gasteiger partial charge on any atom is 0.0776 e. The van der Waals surface area contributed by atoms with Gasteiger partial charge in [0.1, 0.15) is 0 Å². The summed E-state index contributed by atoms with van der Waals surface area (Å²) >= 11 is 6.17. The first kappa shape index (κ1) is 12.5. The second-order valence-electron chi connectivity index (χ2n) is 4.71. The van der Waals surface area contributed by atoms with Crippen molar-refractivity contribution in [3.63, 3.8) is 0 Å².